The van der Waals surface area contributed by atoms with Crippen LogP contribution in [0.5, 0.6) is 0 Å². The minimum atomic E-state index is -0.663. The van der Waals surface area contributed by atoms with E-state index >= 15 is 0 Å². The van der Waals surface area contributed by atoms with Crippen molar-refractivity contribution in [1.29, 1.82) is 5.26 Å². The molecule has 4 aliphatic heterocycles. The first kappa shape index (κ1) is 28.7. The third kappa shape index (κ3) is 5.17. The van der Waals surface area contributed by atoms with Gasteiger partial charge in [0.1, 0.15) is 17.2 Å². The average Bonchev–Trinajstić information content (AvgIpc) is 2.99. The lowest BCUT2D eigenvalue weighted by Gasteiger charge is -2.53. The zero-order valence-electron chi connectivity index (χ0n) is 25.2. The van der Waals surface area contributed by atoms with Crippen LogP contribution in [0.2, 0.25) is 0 Å². The summed E-state index contributed by atoms with van der Waals surface area (Å²) >= 11 is 0. The average molecular weight is 570 g/mol. The van der Waals surface area contributed by atoms with Crippen LogP contribution in [0.1, 0.15) is 51.7 Å². The van der Waals surface area contributed by atoms with E-state index in [0.717, 1.165) is 50.0 Å². The van der Waals surface area contributed by atoms with Crippen molar-refractivity contribution in [2.75, 3.05) is 45.8 Å². The second-order valence-electron chi connectivity index (χ2n) is 13.1. The predicted molar refractivity (Wildman–Crippen MR) is 164 cm³/mol. The Bertz CT molecular complexity index is 1450. The van der Waals surface area contributed by atoms with E-state index in [2.05, 4.69) is 63.2 Å². The number of dihydropyridines is 1. The normalized spacial score (nSPS) is 28.6. The lowest BCUT2D eigenvalue weighted by Crippen LogP contribution is -2.67. The van der Waals surface area contributed by atoms with Crippen LogP contribution >= 0.6 is 0 Å². The number of benzene rings is 1. The molecule has 3 saturated heterocycles. The van der Waals surface area contributed by atoms with Gasteiger partial charge in [-0.15, -0.1) is 0 Å². The Balaban J connectivity index is 1.50. The summed E-state index contributed by atoms with van der Waals surface area (Å²) in [5, 5.41) is 22.2. The number of nitrogens with one attached hydrogen (secondary N) is 3. The minimum absolute atomic E-state index is 0.146. The van der Waals surface area contributed by atoms with E-state index in [0.29, 0.717) is 42.7 Å². The zero-order valence-corrected chi connectivity index (χ0v) is 25.2. The Morgan fingerprint density at radius 2 is 2.05 bits per heavy atom. The summed E-state index contributed by atoms with van der Waals surface area (Å²) in [6.07, 6.45) is 7.87. The maximum atomic E-state index is 13.4. The number of hydrogen-bond donors (Lipinski definition) is 3. The van der Waals surface area contributed by atoms with Crippen LogP contribution < -0.4 is 16.0 Å². The molecule has 4 aliphatic rings. The number of carbonyl (C=O) groups excluding carboxylic acids is 1. The molecule has 6 rings (SSSR count). The molecular formula is C33H43N7O2. The molecule has 0 bridgehead atoms. The second-order valence-corrected chi connectivity index (χ2v) is 13.1. The monoisotopic (exact) mass is 569 g/mol. The fourth-order valence-electron chi connectivity index (χ4n) is 7.62. The molecule has 0 spiro atoms. The lowest BCUT2D eigenvalue weighted by molar-refractivity contribution is 0.0154. The third-order valence-electron chi connectivity index (χ3n) is 9.36. The van der Waals surface area contributed by atoms with Gasteiger partial charge in [0.15, 0.2) is 0 Å². The van der Waals surface area contributed by atoms with Crippen molar-refractivity contribution in [3.63, 3.8) is 0 Å². The van der Waals surface area contributed by atoms with E-state index in [1.54, 1.807) is 6.20 Å². The van der Waals surface area contributed by atoms with Gasteiger partial charge in [-0.1, -0.05) is 12.1 Å². The number of carbonyl (C=O) groups is 1. The lowest BCUT2D eigenvalue weighted by atomic mass is 9.65. The Morgan fingerprint density at radius 3 is 2.86 bits per heavy atom. The number of fused-ring (bicyclic) bond motifs is 2. The molecule has 1 aromatic carbocycles. The van der Waals surface area contributed by atoms with Gasteiger partial charge in [0.05, 0.1) is 17.1 Å². The number of hydrogen-bond acceptors (Lipinski definition) is 8. The summed E-state index contributed by atoms with van der Waals surface area (Å²) < 4.78 is 5.83. The van der Waals surface area contributed by atoms with Crippen molar-refractivity contribution in [3.8, 4) is 6.07 Å². The first-order valence-electron chi connectivity index (χ1n) is 15.3. The standard InChI is InChI=1S/C33H43N7O2/c1-22-9-12-38-33(27-8-7-24(19-34)30-26(27)6-5-11-37-30,28-21-40(17-14-36-28)31(41)42-32(2,3)4)29(22)23-10-15-39-16-13-35-20-25(39)18-23/h5-9,11-12,23,25,28,35-36,38H,10,13-18,20-21H2,1-4H3. The Hall–Kier alpha value is -3.45. The number of allylic oxidation sites excluding steroid dienone is 2. The van der Waals surface area contributed by atoms with Gasteiger partial charge in [0.25, 0.3) is 0 Å². The molecule has 0 radical (unpaired) electrons. The molecule has 42 heavy (non-hydrogen) atoms. The summed E-state index contributed by atoms with van der Waals surface area (Å²) in [5.74, 6) is 0.352. The molecule has 9 heteroatoms. The molecular weight excluding hydrogens is 526 g/mol. The van der Waals surface area contributed by atoms with E-state index in [4.69, 9.17) is 4.74 Å². The van der Waals surface area contributed by atoms with Crippen LogP contribution in [0.4, 0.5) is 4.79 Å². The fourth-order valence-corrected chi connectivity index (χ4v) is 7.62. The SMILES string of the molecule is CC1=C(C2CCN3CCNCC3C2)C(c2ccc(C#N)c3ncccc23)(C2CN(C(=O)OC(C)(C)C)CCN2)NC=C1. The van der Waals surface area contributed by atoms with Gasteiger partial charge in [-0.05, 0) is 94.1 Å². The summed E-state index contributed by atoms with van der Waals surface area (Å²) in [6, 6.07) is 10.7. The molecule has 2 aromatic rings. The van der Waals surface area contributed by atoms with Gasteiger partial charge in [-0.25, -0.2) is 4.79 Å². The zero-order chi connectivity index (χ0) is 29.5. The number of ether oxygens (including phenoxy) is 1. The molecule has 4 unspecified atom stereocenters. The molecule has 1 aromatic heterocycles. The number of amides is 1. The third-order valence-corrected chi connectivity index (χ3v) is 9.36. The second kappa shape index (κ2) is 11.3. The predicted octanol–water partition coefficient (Wildman–Crippen LogP) is 3.63. The molecule has 3 N–H and O–H groups in total. The number of nitrogens with zero attached hydrogens (tertiary/aromatic N) is 4. The van der Waals surface area contributed by atoms with Gasteiger partial charge in [0.2, 0.25) is 0 Å². The smallest absolute Gasteiger partial charge is 0.410 e. The van der Waals surface area contributed by atoms with Crippen LogP contribution in [0.25, 0.3) is 10.9 Å². The topological polar surface area (TPSA) is 106 Å². The Morgan fingerprint density at radius 1 is 1.19 bits per heavy atom. The number of nitriles is 1. The highest BCUT2D eigenvalue weighted by atomic mass is 16.6. The van der Waals surface area contributed by atoms with Gasteiger partial charge in [-0.3, -0.25) is 9.88 Å². The highest BCUT2D eigenvalue weighted by Gasteiger charge is 2.51. The summed E-state index contributed by atoms with van der Waals surface area (Å²) in [7, 11) is 0. The van der Waals surface area contributed by atoms with E-state index in [-0.39, 0.29) is 12.1 Å². The van der Waals surface area contributed by atoms with Crippen molar-refractivity contribution in [2.24, 2.45) is 5.92 Å². The largest absolute Gasteiger partial charge is 0.444 e. The first-order chi connectivity index (χ1) is 20.2. The minimum Gasteiger partial charge on any atom is -0.444 e. The molecule has 4 atom stereocenters. The summed E-state index contributed by atoms with van der Waals surface area (Å²) in [5.41, 5.74) is 3.74. The number of pyridine rings is 1. The van der Waals surface area contributed by atoms with Crippen LogP contribution in [0, 0.1) is 17.2 Å². The number of piperidine rings is 1. The van der Waals surface area contributed by atoms with Crippen LogP contribution in [0.3, 0.4) is 0 Å². The van der Waals surface area contributed by atoms with Gasteiger partial charge >= 0.3 is 6.09 Å². The Kier molecular flexibility index (Phi) is 7.73. The number of piperazine rings is 2. The summed E-state index contributed by atoms with van der Waals surface area (Å²) in [4.78, 5) is 22.5. The molecule has 5 heterocycles. The van der Waals surface area contributed by atoms with E-state index in [9.17, 15) is 10.1 Å². The quantitative estimate of drug-likeness (QED) is 0.515. The maximum Gasteiger partial charge on any atom is 0.410 e. The van der Waals surface area contributed by atoms with Crippen LogP contribution in [0.15, 0.2) is 53.9 Å². The van der Waals surface area contributed by atoms with Gasteiger partial charge in [-0.2, -0.15) is 5.26 Å². The molecule has 222 valence electrons. The van der Waals surface area contributed by atoms with E-state index in [1.165, 1.54) is 11.1 Å². The van der Waals surface area contributed by atoms with Crippen molar-refractivity contribution in [3.05, 3.63) is 65.0 Å². The van der Waals surface area contributed by atoms with Crippen molar-refractivity contribution < 1.29 is 9.53 Å². The molecule has 0 saturated carbocycles. The Labute approximate surface area is 249 Å². The van der Waals surface area contributed by atoms with Crippen LogP contribution in [-0.2, 0) is 10.3 Å². The van der Waals surface area contributed by atoms with Gasteiger partial charge in [0, 0.05) is 56.9 Å². The molecule has 9 nitrogen and oxygen atoms in total. The molecule has 0 aliphatic carbocycles. The number of aromatic nitrogens is 1. The van der Waals surface area contributed by atoms with E-state index in [1.807, 2.05) is 37.8 Å². The highest BCUT2D eigenvalue weighted by Crippen LogP contribution is 2.48. The summed E-state index contributed by atoms with van der Waals surface area (Å²) in [6.45, 7) is 13.9. The van der Waals surface area contributed by atoms with Crippen molar-refractivity contribution in [1.82, 2.24) is 30.7 Å². The van der Waals surface area contributed by atoms with Crippen molar-refractivity contribution >= 4 is 17.0 Å². The number of rotatable bonds is 3. The highest BCUT2D eigenvalue weighted by molar-refractivity contribution is 5.89. The van der Waals surface area contributed by atoms with Crippen molar-refractivity contribution in [2.45, 2.75) is 63.8 Å². The van der Waals surface area contributed by atoms with Crippen LogP contribution in [-0.4, -0.2) is 84.4 Å². The first-order valence-corrected chi connectivity index (χ1v) is 15.3. The molecule has 3 fully saturated rings. The fraction of sp³-hybridized carbons (Fsp3) is 0.545. The maximum absolute atomic E-state index is 13.4. The van der Waals surface area contributed by atoms with E-state index < -0.39 is 11.1 Å². The molecule has 1 amide bonds. The van der Waals surface area contributed by atoms with Gasteiger partial charge < -0.3 is 25.6 Å².